The van der Waals surface area contributed by atoms with Gasteiger partial charge in [0, 0.05) is 12.4 Å². The van der Waals surface area contributed by atoms with Crippen molar-refractivity contribution in [2.45, 2.75) is 23.9 Å². The van der Waals surface area contributed by atoms with Gasteiger partial charge in [0.25, 0.3) is 0 Å². The van der Waals surface area contributed by atoms with Gasteiger partial charge in [-0.05, 0) is 12.2 Å². The average molecular weight is 313 g/mol. The van der Waals surface area contributed by atoms with Crippen LogP contribution in [0.5, 0.6) is 0 Å². The van der Waals surface area contributed by atoms with Gasteiger partial charge in [-0.3, -0.25) is 0 Å². The van der Waals surface area contributed by atoms with E-state index in [-0.39, 0.29) is 20.5 Å². The van der Waals surface area contributed by atoms with Crippen molar-refractivity contribution in [2.24, 2.45) is 9.98 Å². The van der Waals surface area contributed by atoms with Gasteiger partial charge < -0.3 is 35.0 Å². The lowest BCUT2D eigenvalue weighted by atomic mass is 9.94. The quantitative estimate of drug-likeness (QED) is 0.480. The topological polar surface area (TPSA) is 150 Å². The molecule has 2 saturated heterocycles. The number of fused-ring (bicyclic) bond motifs is 1. The van der Waals surface area contributed by atoms with Crippen LogP contribution in [0, 0.1) is 15.3 Å². The Morgan fingerprint density at radius 1 is 1.36 bits per heavy atom. The second-order valence-corrected chi connectivity index (χ2v) is 4.70. The first-order chi connectivity index (χ1) is 10.4. The van der Waals surface area contributed by atoms with E-state index in [9.17, 15) is 10.2 Å². The fraction of sp³-hybridized carbons (Fsp3) is 0.500. The van der Waals surface area contributed by atoms with Crippen LogP contribution < -0.4 is 0 Å². The number of allylic oxidation sites excluding steroid dienone is 3. The molecule has 0 saturated carbocycles. The summed E-state index contributed by atoms with van der Waals surface area (Å²) in [6.45, 7) is 0.178. The molecule has 10 heteroatoms. The summed E-state index contributed by atoms with van der Waals surface area (Å²) in [5.41, 5.74) is -1.41. The first kappa shape index (κ1) is 16.2. The van der Waals surface area contributed by atoms with Crippen LogP contribution in [-0.4, -0.2) is 64.5 Å². The van der Waals surface area contributed by atoms with Gasteiger partial charge in [-0.1, -0.05) is 6.08 Å². The van der Waals surface area contributed by atoms with Gasteiger partial charge in [0.1, 0.15) is 18.3 Å². The Morgan fingerprint density at radius 3 is 2.82 bits per heavy atom. The smallest absolute Gasteiger partial charge is 0.388 e. The predicted molar refractivity (Wildman–Crippen MR) is 76.1 cm³/mol. The Kier molecular flexibility index (Phi) is 4.98. The summed E-state index contributed by atoms with van der Waals surface area (Å²) in [6, 6.07) is 0. The summed E-state index contributed by atoms with van der Waals surface area (Å²) in [4.78, 5) is 16.5. The van der Waals surface area contributed by atoms with E-state index in [4.69, 9.17) is 24.8 Å². The van der Waals surface area contributed by atoms with Crippen LogP contribution >= 0.6 is 0 Å². The van der Waals surface area contributed by atoms with Crippen molar-refractivity contribution in [2.75, 3.05) is 13.2 Å². The molecule has 0 bridgehead atoms. The van der Waals surface area contributed by atoms with Crippen LogP contribution in [-0.2, 0) is 9.47 Å². The minimum Gasteiger partial charge on any atom is -0.388 e. The number of rotatable bonds is 1. The van der Waals surface area contributed by atoms with Crippen molar-refractivity contribution < 1.29 is 26.2 Å². The molecule has 120 valence electrons. The highest BCUT2D eigenvalue weighted by Crippen LogP contribution is 2.35. The van der Waals surface area contributed by atoms with E-state index in [2.05, 4.69) is 9.98 Å². The van der Waals surface area contributed by atoms with Gasteiger partial charge in [0.05, 0.1) is 18.3 Å². The summed E-state index contributed by atoms with van der Waals surface area (Å²) in [6.07, 6.45) is 6.53. The van der Waals surface area contributed by atoms with Gasteiger partial charge in [-0.25, -0.2) is 9.98 Å². The predicted octanol–water partition coefficient (Wildman–Crippen LogP) is -0.698. The standard InChI is InChI=1S/C12H14N2O4.NO3/c15-8-6-17-10-9(8)18-7-12(10,16)11-13-4-2-1-3-5-14-11;2-1(3)4/h1-5,8-10,15-16H,6-7H2;/q;-1/p+1/t8-,9-,10+,12-;/m1./s1. The molecular formula is C12H15N3O7. The van der Waals surface area contributed by atoms with E-state index >= 15 is 0 Å². The number of hydrogen-bond acceptors (Lipinski definition) is 9. The van der Waals surface area contributed by atoms with Crippen molar-refractivity contribution in [1.82, 2.24) is 0 Å². The molecule has 0 aromatic rings. The highest BCUT2D eigenvalue weighted by Gasteiger charge is 2.58. The van der Waals surface area contributed by atoms with Crippen LogP contribution in [0.25, 0.3) is 0 Å². The maximum atomic E-state index is 10.7. The van der Waals surface area contributed by atoms with Gasteiger partial charge in [0.2, 0.25) is 0 Å². The third kappa shape index (κ3) is 3.36. The van der Waals surface area contributed by atoms with E-state index in [1.807, 2.05) is 0 Å². The molecule has 0 spiro atoms. The molecule has 0 amide bonds. The summed E-state index contributed by atoms with van der Waals surface area (Å²) in [5.74, 6) is 0.240. The number of nitrogens with zero attached hydrogens (tertiary/aromatic N) is 3. The highest BCUT2D eigenvalue weighted by atomic mass is 16.9. The molecule has 0 aromatic heterocycles. The first-order valence-electron chi connectivity index (χ1n) is 6.34. The number of amidine groups is 1. The monoisotopic (exact) mass is 313 g/mol. The van der Waals surface area contributed by atoms with E-state index < -0.39 is 29.0 Å². The Bertz CT molecular complexity index is 547. The summed E-state index contributed by atoms with van der Waals surface area (Å²) in [5, 5.41) is 35.1. The van der Waals surface area contributed by atoms with Crippen LogP contribution in [0.15, 0.2) is 34.4 Å². The van der Waals surface area contributed by atoms with Crippen LogP contribution in [0.3, 0.4) is 0 Å². The molecule has 3 aliphatic rings. The van der Waals surface area contributed by atoms with Crippen molar-refractivity contribution in [3.63, 3.8) is 0 Å². The molecule has 2 fully saturated rings. The van der Waals surface area contributed by atoms with Crippen molar-refractivity contribution >= 4 is 12.1 Å². The van der Waals surface area contributed by atoms with Crippen LogP contribution in [0.1, 0.15) is 1.43 Å². The van der Waals surface area contributed by atoms with Crippen molar-refractivity contribution in [1.29, 1.82) is 0 Å². The zero-order valence-corrected chi connectivity index (χ0v) is 11.3. The van der Waals surface area contributed by atoms with Gasteiger partial charge >= 0.3 is 1.43 Å². The Hall–Kier alpha value is -2.14. The SMILES string of the molecule is O=[N+]([O-])[O-].O[C@@H]1CO[C@H]2[C@@H]1OC[C@]2(O)C1=NC=CC=CC=N1.[H+]. The molecule has 0 aromatic carbocycles. The molecule has 0 aliphatic carbocycles. The summed E-state index contributed by atoms with van der Waals surface area (Å²) in [7, 11) is 0. The van der Waals surface area contributed by atoms with Crippen molar-refractivity contribution in [3.8, 4) is 0 Å². The van der Waals surface area contributed by atoms with Crippen LogP contribution in [0.2, 0.25) is 0 Å². The number of hydrogen-bond donors (Lipinski definition) is 2. The number of aliphatic hydroxyl groups is 2. The molecule has 3 rings (SSSR count). The maximum absolute atomic E-state index is 10.7. The van der Waals surface area contributed by atoms with E-state index in [1.54, 1.807) is 30.6 Å². The largest absolute Gasteiger partial charge is 1.00 e. The molecule has 3 heterocycles. The fourth-order valence-electron chi connectivity index (χ4n) is 2.35. The van der Waals surface area contributed by atoms with Gasteiger partial charge in [0.15, 0.2) is 11.4 Å². The van der Waals surface area contributed by atoms with E-state index in [0.29, 0.717) is 0 Å². The minimum atomic E-state index is -1.75. The van der Waals surface area contributed by atoms with E-state index in [0.717, 1.165) is 0 Å². The lowest BCUT2D eigenvalue weighted by Crippen LogP contribution is -2.50. The molecule has 0 radical (unpaired) electrons. The van der Waals surface area contributed by atoms with E-state index in [1.165, 1.54) is 0 Å². The third-order valence-electron chi connectivity index (χ3n) is 3.27. The maximum Gasteiger partial charge on any atom is 1.00 e. The molecule has 4 atom stereocenters. The number of ether oxygens (including phenoxy) is 2. The molecule has 2 N–H and O–H groups in total. The average Bonchev–Trinajstić information content (AvgIpc) is 2.92. The first-order valence-corrected chi connectivity index (χ1v) is 6.34. The lowest BCUT2D eigenvalue weighted by Gasteiger charge is -2.25. The molecular weight excluding hydrogens is 298 g/mol. The van der Waals surface area contributed by atoms with Gasteiger partial charge in [-0.15, -0.1) is 0 Å². The fourth-order valence-corrected chi connectivity index (χ4v) is 2.35. The Morgan fingerprint density at radius 2 is 2.09 bits per heavy atom. The second kappa shape index (κ2) is 6.75. The summed E-state index contributed by atoms with van der Waals surface area (Å²) >= 11 is 0. The molecule has 10 nitrogen and oxygen atoms in total. The molecule has 0 unspecified atom stereocenters. The third-order valence-corrected chi connectivity index (χ3v) is 3.27. The zero-order chi connectivity index (χ0) is 16.2. The number of aliphatic imine (C=N–C) groups is 2. The minimum absolute atomic E-state index is 0. The molecule has 22 heavy (non-hydrogen) atoms. The zero-order valence-electron chi connectivity index (χ0n) is 12.3. The normalized spacial score (nSPS) is 35.9. The summed E-state index contributed by atoms with van der Waals surface area (Å²) < 4.78 is 10.8. The van der Waals surface area contributed by atoms with Crippen molar-refractivity contribution in [3.05, 3.63) is 39.7 Å². The number of aliphatic hydroxyl groups excluding tert-OH is 1. The Balaban J connectivity index is 0.000000478. The van der Waals surface area contributed by atoms with Gasteiger partial charge in [-0.2, -0.15) is 0 Å². The molecule has 3 aliphatic heterocycles. The lowest BCUT2D eigenvalue weighted by molar-refractivity contribution is -0.402. The van der Waals surface area contributed by atoms with Crippen LogP contribution in [0.4, 0.5) is 0 Å². The highest BCUT2D eigenvalue weighted by molar-refractivity contribution is 5.99. The second-order valence-electron chi connectivity index (χ2n) is 4.70. The Labute approximate surface area is 126 Å².